The van der Waals surface area contributed by atoms with Crippen molar-refractivity contribution in [3.8, 4) is 0 Å². The van der Waals surface area contributed by atoms with Crippen molar-refractivity contribution in [1.29, 1.82) is 0 Å². The van der Waals surface area contributed by atoms with E-state index in [-0.39, 0.29) is 30.7 Å². The van der Waals surface area contributed by atoms with E-state index in [1.165, 1.54) is 24.2 Å². The van der Waals surface area contributed by atoms with Crippen LogP contribution in [-0.4, -0.2) is 97.0 Å². The van der Waals surface area contributed by atoms with Gasteiger partial charge in [0.15, 0.2) is 5.78 Å². The van der Waals surface area contributed by atoms with Gasteiger partial charge in [0.05, 0.1) is 6.04 Å². The van der Waals surface area contributed by atoms with Crippen molar-refractivity contribution in [3.63, 3.8) is 0 Å². The third-order valence-electron chi connectivity index (χ3n) is 8.30. The molecule has 1 saturated carbocycles. The van der Waals surface area contributed by atoms with Gasteiger partial charge in [-0.05, 0) is 42.5 Å². The first-order chi connectivity index (χ1) is 17.1. The normalized spacial score (nSPS) is 28.1. The van der Waals surface area contributed by atoms with Gasteiger partial charge in [0.2, 0.25) is 5.91 Å². The summed E-state index contributed by atoms with van der Waals surface area (Å²) in [7, 11) is 0. The first kappa shape index (κ1) is 25.2. The highest BCUT2D eigenvalue weighted by atomic mass is 16.5. The van der Waals surface area contributed by atoms with Gasteiger partial charge in [0.1, 0.15) is 24.8 Å². The van der Waals surface area contributed by atoms with Gasteiger partial charge in [0, 0.05) is 50.0 Å². The van der Waals surface area contributed by atoms with Crippen LogP contribution in [0.5, 0.6) is 0 Å². The number of ketones is 1. The van der Waals surface area contributed by atoms with Gasteiger partial charge < -0.3 is 25.6 Å². The number of likely N-dealkylation sites (tertiary alicyclic amines) is 1. The van der Waals surface area contributed by atoms with Crippen molar-refractivity contribution in [2.75, 3.05) is 44.2 Å². The lowest BCUT2D eigenvalue weighted by Crippen LogP contribution is -2.57. The van der Waals surface area contributed by atoms with Crippen LogP contribution in [0.25, 0.3) is 0 Å². The average Bonchev–Trinajstić information content (AvgIpc) is 3.36. The minimum absolute atomic E-state index is 0.0265. The predicted octanol–water partition coefficient (Wildman–Crippen LogP) is 1.01. The first-order valence-electron chi connectivity index (χ1n) is 13.2. The van der Waals surface area contributed by atoms with Gasteiger partial charge in [-0.25, -0.2) is 0 Å². The summed E-state index contributed by atoms with van der Waals surface area (Å²) in [5.41, 5.74) is 7.21. The second-order valence-corrected chi connectivity index (χ2v) is 11.8. The number of Topliss-reactive ketones (excluding diaryl/α,β-unsaturated/α-hetero) is 1. The minimum Gasteiger partial charge on any atom is -0.369 e. The Hall–Kier alpha value is -2.49. The second kappa shape index (κ2) is 9.76. The zero-order valence-corrected chi connectivity index (χ0v) is 21.6. The Bertz CT molecular complexity index is 994. The summed E-state index contributed by atoms with van der Waals surface area (Å²) in [5, 5.41) is 2.95. The third-order valence-corrected chi connectivity index (χ3v) is 8.30. The van der Waals surface area contributed by atoms with Crippen LogP contribution in [-0.2, 0) is 14.3 Å². The maximum Gasteiger partial charge on any atom is 0.251 e. The van der Waals surface area contributed by atoms with Gasteiger partial charge in [-0.15, -0.1) is 0 Å². The van der Waals surface area contributed by atoms with Crippen molar-refractivity contribution >= 4 is 23.3 Å². The number of ether oxygens (including phenoxy) is 1. The first-order valence-corrected chi connectivity index (χ1v) is 13.2. The van der Waals surface area contributed by atoms with Gasteiger partial charge in [-0.2, -0.15) is 0 Å². The summed E-state index contributed by atoms with van der Waals surface area (Å²) in [6, 6.07) is 6.51. The van der Waals surface area contributed by atoms with Crippen LogP contribution in [0.4, 0.5) is 5.69 Å². The summed E-state index contributed by atoms with van der Waals surface area (Å²) >= 11 is 0. The Morgan fingerprint density at radius 3 is 2.33 bits per heavy atom. The van der Waals surface area contributed by atoms with Crippen molar-refractivity contribution in [2.45, 2.75) is 70.3 Å². The molecule has 196 valence electrons. The molecule has 4 atom stereocenters. The van der Waals surface area contributed by atoms with E-state index in [0.717, 1.165) is 37.9 Å². The van der Waals surface area contributed by atoms with E-state index in [2.05, 4.69) is 15.1 Å². The highest BCUT2D eigenvalue weighted by molar-refractivity contribution is 5.99. The van der Waals surface area contributed by atoms with E-state index in [4.69, 9.17) is 10.5 Å². The Morgan fingerprint density at radius 2 is 1.75 bits per heavy atom. The van der Waals surface area contributed by atoms with E-state index in [0.29, 0.717) is 5.56 Å². The lowest BCUT2D eigenvalue weighted by atomic mass is 9.85. The smallest absolute Gasteiger partial charge is 0.251 e. The molecule has 3 heterocycles. The molecule has 0 spiro atoms. The largest absolute Gasteiger partial charge is 0.369 e. The van der Waals surface area contributed by atoms with E-state index in [1.54, 1.807) is 0 Å². The number of hydrogen-bond acceptors (Lipinski definition) is 7. The topological polar surface area (TPSA) is 108 Å². The van der Waals surface area contributed by atoms with Gasteiger partial charge in [0.25, 0.3) is 5.91 Å². The summed E-state index contributed by atoms with van der Waals surface area (Å²) in [6.07, 6.45) is 3.55. The number of carbonyl (C=O) groups excluding carboxylic acids is 3. The fraction of sp³-hybridized carbons (Fsp3) is 0.667. The molecule has 1 aliphatic carbocycles. The van der Waals surface area contributed by atoms with Crippen LogP contribution in [0, 0.1) is 5.41 Å². The number of amides is 2. The summed E-state index contributed by atoms with van der Waals surface area (Å²) in [5.74, 6) is -0.735. The van der Waals surface area contributed by atoms with Gasteiger partial charge >= 0.3 is 0 Å². The maximum absolute atomic E-state index is 13.6. The number of rotatable bonds is 5. The summed E-state index contributed by atoms with van der Waals surface area (Å²) in [6.45, 7) is 10.1. The fourth-order valence-electron chi connectivity index (χ4n) is 5.87. The molecule has 9 heteroatoms. The number of nitrogens with one attached hydrogen (secondary N) is 1. The lowest BCUT2D eigenvalue weighted by molar-refractivity contribution is -0.140. The van der Waals surface area contributed by atoms with Crippen LogP contribution in [0.15, 0.2) is 24.3 Å². The van der Waals surface area contributed by atoms with E-state index < -0.39 is 29.6 Å². The van der Waals surface area contributed by atoms with Crippen molar-refractivity contribution < 1.29 is 19.1 Å². The third kappa shape index (κ3) is 4.76. The molecule has 1 unspecified atom stereocenters. The monoisotopic (exact) mass is 497 g/mol. The molecule has 4 aliphatic rings. The predicted molar refractivity (Wildman–Crippen MR) is 137 cm³/mol. The van der Waals surface area contributed by atoms with Crippen molar-refractivity contribution in [1.82, 2.24) is 15.1 Å². The molecule has 3 N–H and O–H groups in total. The molecule has 1 aromatic rings. The average molecular weight is 498 g/mol. The molecular weight excluding hydrogens is 458 g/mol. The second-order valence-electron chi connectivity index (χ2n) is 11.8. The van der Waals surface area contributed by atoms with Gasteiger partial charge in [-0.3, -0.25) is 19.3 Å². The molecular formula is C27H39N5O4. The summed E-state index contributed by atoms with van der Waals surface area (Å²) < 4.78 is 5.52. The highest BCUT2D eigenvalue weighted by Gasteiger charge is 2.53. The number of hydrogen-bond donors (Lipinski definition) is 2. The Balaban J connectivity index is 1.23. The van der Waals surface area contributed by atoms with E-state index in [9.17, 15) is 14.4 Å². The number of benzene rings is 1. The molecule has 1 aromatic carbocycles. The molecule has 3 saturated heterocycles. The SMILES string of the molecule is CC(C)(C)C(NC(=O)c1ccc(N2CCN(C3CCC3)CC2)cc1)C(=O)N1C[C@H](N)[C@H]2OCC(=O)[C@H]21. The van der Waals surface area contributed by atoms with Crippen LogP contribution < -0.4 is 16.0 Å². The van der Waals surface area contributed by atoms with Crippen molar-refractivity contribution in [3.05, 3.63) is 29.8 Å². The molecule has 5 rings (SSSR count). The minimum atomic E-state index is -0.802. The Kier molecular flexibility index (Phi) is 6.82. The summed E-state index contributed by atoms with van der Waals surface area (Å²) in [4.78, 5) is 45.7. The van der Waals surface area contributed by atoms with E-state index in [1.807, 2.05) is 45.0 Å². The number of nitrogens with zero attached hydrogens (tertiary/aromatic N) is 3. The maximum atomic E-state index is 13.6. The van der Waals surface area contributed by atoms with Gasteiger partial charge in [-0.1, -0.05) is 27.2 Å². The van der Waals surface area contributed by atoms with Crippen LogP contribution in [0.2, 0.25) is 0 Å². The quantitative estimate of drug-likeness (QED) is 0.625. The number of anilines is 1. The molecule has 2 amide bonds. The molecule has 0 radical (unpaired) electrons. The Labute approximate surface area is 213 Å². The standard InChI is InChI=1S/C27H39N5O4/c1-27(2,3)24(26(35)32-15-20(28)23-22(32)21(33)16-36-23)29-25(34)17-7-9-19(10-8-17)31-13-11-30(12-14-31)18-5-4-6-18/h7-10,18,20,22-24H,4-6,11-16,28H2,1-3H3,(H,29,34)/t20-,22+,23+,24?/m0/s1. The molecule has 0 aromatic heterocycles. The van der Waals surface area contributed by atoms with Crippen LogP contribution in [0.1, 0.15) is 50.4 Å². The zero-order valence-electron chi connectivity index (χ0n) is 21.6. The molecule has 0 bridgehead atoms. The number of piperazine rings is 1. The molecule has 3 aliphatic heterocycles. The fourth-order valence-corrected chi connectivity index (χ4v) is 5.87. The lowest BCUT2D eigenvalue weighted by Gasteiger charge is -2.43. The highest BCUT2D eigenvalue weighted by Crippen LogP contribution is 2.31. The number of nitrogens with two attached hydrogens (primary N) is 1. The molecule has 36 heavy (non-hydrogen) atoms. The number of fused-ring (bicyclic) bond motifs is 1. The van der Waals surface area contributed by atoms with Crippen LogP contribution >= 0.6 is 0 Å². The molecule has 9 nitrogen and oxygen atoms in total. The van der Waals surface area contributed by atoms with Crippen molar-refractivity contribution in [2.24, 2.45) is 11.1 Å². The van der Waals surface area contributed by atoms with Crippen LogP contribution in [0.3, 0.4) is 0 Å². The molecule has 4 fully saturated rings. The zero-order chi connectivity index (χ0) is 25.6. The number of carbonyl (C=O) groups is 3. The Morgan fingerprint density at radius 1 is 1.08 bits per heavy atom. The van der Waals surface area contributed by atoms with E-state index >= 15 is 0 Å².